The first-order valence-corrected chi connectivity index (χ1v) is 46.1. The van der Waals surface area contributed by atoms with Crippen molar-refractivity contribution in [3.8, 4) is 5.75 Å². The van der Waals surface area contributed by atoms with Crippen LogP contribution < -0.4 is 85.1 Å². The lowest BCUT2D eigenvalue weighted by Gasteiger charge is -2.30. The molecule has 3 aromatic heterocycles. The molecule has 134 heavy (non-hydrogen) atoms. The molecule has 0 spiro atoms. The van der Waals surface area contributed by atoms with Gasteiger partial charge in [-0.05, 0) is 139 Å². The van der Waals surface area contributed by atoms with E-state index in [0.29, 0.717) is 34.0 Å². The van der Waals surface area contributed by atoms with Gasteiger partial charge in [-0.2, -0.15) is 0 Å². The van der Waals surface area contributed by atoms with Crippen molar-refractivity contribution < 1.29 is 86.9 Å². The Bertz CT molecular complexity index is 5190. The van der Waals surface area contributed by atoms with Gasteiger partial charge in [0.05, 0.1) is 13.2 Å². The number of fused-ring (bicyclic) bond motifs is 3. The summed E-state index contributed by atoms with van der Waals surface area (Å²) in [6.07, 6.45) is 5.14. The molecule has 37 heteroatoms. The third kappa shape index (κ3) is 32.6. The number of phenols is 1. The molecule has 37 nitrogen and oxygen atoms in total. The van der Waals surface area contributed by atoms with Crippen LogP contribution in [0.2, 0.25) is 0 Å². The number of nitrogens with one attached hydrogen (secondary N) is 19. The second kappa shape index (κ2) is 51.7. The molecule has 0 aliphatic rings. The van der Waals surface area contributed by atoms with E-state index < -0.39 is 197 Å². The Morgan fingerprint density at radius 2 is 0.597 bits per heavy atom. The van der Waals surface area contributed by atoms with E-state index in [2.05, 4.69) is 100 Å². The summed E-state index contributed by atoms with van der Waals surface area (Å²) in [7, 11) is 0. The predicted octanol–water partition coefficient (Wildman–Crippen LogP) is 3.60. The highest BCUT2D eigenvalue weighted by Crippen LogP contribution is 2.25. The number of hydrogen-bond donors (Lipinski definition) is 21. The van der Waals surface area contributed by atoms with Gasteiger partial charge in [-0.15, -0.1) is 0 Å². The van der Waals surface area contributed by atoms with E-state index in [9.17, 15) is 58.2 Å². The molecule has 0 bridgehead atoms. The van der Waals surface area contributed by atoms with Gasteiger partial charge >= 0.3 is 0 Å². The average molecular weight is 1860 g/mol. The summed E-state index contributed by atoms with van der Waals surface area (Å²) < 4.78 is 0. The number of hydrogen-bond acceptors (Lipinski definition) is 18. The number of rotatable bonds is 53. The lowest BCUT2D eigenvalue weighted by atomic mass is 9.97. The average Bonchev–Trinajstić information content (AvgIpc) is 1.63. The first kappa shape index (κ1) is 108. The van der Waals surface area contributed by atoms with Gasteiger partial charge in [-0.1, -0.05) is 178 Å². The van der Waals surface area contributed by atoms with Crippen LogP contribution in [0.3, 0.4) is 0 Å². The zero-order valence-corrected chi connectivity index (χ0v) is 80.0. The normalized spacial score (nSPS) is 14.7. The fraction of sp³-hybridized carbons (Fsp3) is 0.526. The number of carbonyl (C=O) groups is 16. The van der Waals surface area contributed by atoms with Crippen LogP contribution >= 0.6 is 0 Å². The second-order valence-corrected chi connectivity index (χ2v) is 37.5. The van der Waals surface area contributed by atoms with Crippen LogP contribution in [0.15, 0.2) is 116 Å². The Kier molecular flexibility index (Phi) is 41.6. The van der Waals surface area contributed by atoms with Crippen molar-refractivity contribution in [3.05, 3.63) is 138 Å². The SMILES string of the molecule is CC(C)C[C@@H](NC(=O)[C@H](C)NC(=O)CNC(=O)[C@@H](NC=O)C(C)C)C(=O)N[C@@H](C)C(=O)N[C@@H](C(=O)N[C@H](CC(C)C)C(=O)N[C@@H](Cc1ccc(O)cc1)C(=O)N[C@H](CC(C)C)C(=O)N[C@@H](Cc1c[nH]c2ccccc12)C(=O)N[C@@H](C(=O)N[C@H](C(=O)N[C@@H](Cc1c[nH]c2ccccc12)C(=O)N[C@H](CC(C)C)C(=O)N[C@@H](Cc1c[nH]c2ccccc12)C(=O)NCCO)C(C)C)C(C)C)C(C)C. The number of aromatic nitrogens is 3. The summed E-state index contributed by atoms with van der Waals surface area (Å²) in [6, 6.07) is 9.41. The quantitative estimate of drug-likeness (QED) is 0.0242. The van der Waals surface area contributed by atoms with E-state index in [1.807, 2.05) is 80.6 Å². The number of para-hydroxylation sites is 3. The summed E-state index contributed by atoms with van der Waals surface area (Å²) in [5.74, 6) is -15.0. The van der Waals surface area contributed by atoms with Crippen molar-refractivity contribution >= 4 is 128 Å². The first-order chi connectivity index (χ1) is 63.4. The molecule has 0 saturated carbocycles. The number of phenolic OH excluding ortho intramolecular Hbond substituents is 1. The molecule has 4 aromatic carbocycles. The van der Waals surface area contributed by atoms with Crippen LogP contribution in [0.4, 0.5) is 0 Å². The predicted molar refractivity (Wildman–Crippen MR) is 508 cm³/mol. The van der Waals surface area contributed by atoms with Crippen LogP contribution in [0.25, 0.3) is 32.7 Å². The van der Waals surface area contributed by atoms with Crippen molar-refractivity contribution in [3.63, 3.8) is 0 Å². The highest BCUT2D eigenvalue weighted by atomic mass is 16.3. The first-order valence-electron chi connectivity index (χ1n) is 46.1. The van der Waals surface area contributed by atoms with E-state index in [4.69, 9.17) is 0 Å². The van der Waals surface area contributed by atoms with Crippen molar-refractivity contribution in [2.24, 2.45) is 47.3 Å². The molecule has 21 N–H and O–H groups in total. The van der Waals surface area contributed by atoms with Crippen LogP contribution in [-0.4, -0.2) is 224 Å². The molecular formula is C97H139N19O18. The van der Waals surface area contributed by atoms with Gasteiger partial charge in [0.2, 0.25) is 95.0 Å². The summed E-state index contributed by atoms with van der Waals surface area (Å²) in [5, 5.41) is 65.7. The number of H-pyrrole nitrogens is 3. The molecule has 0 unspecified atom stereocenters. The minimum absolute atomic E-state index is 0.00521. The molecule has 0 fully saturated rings. The van der Waals surface area contributed by atoms with Crippen LogP contribution in [0, 0.1) is 47.3 Å². The number of aliphatic hydroxyl groups is 1. The fourth-order valence-electron chi connectivity index (χ4n) is 15.6. The Labute approximate surface area is 782 Å². The third-order valence-corrected chi connectivity index (χ3v) is 22.9. The molecule has 0 saturated heterocycles. The second-order valence-electron chi connectivity index (χ2n) is 37.5. The molecule has 730 valence electrons. The Hall–Kier alpha value is -13.2. The highest BCUT2D eigenvalue weighted by Gasteiger charge is 2.41. The largest absolute Gasteiger partial charge is 0.508 e. The molecule has 7 aromatic rings. The summed E-state index contributed by atoms with van der Waals surface area (Å²) in [5.41, 5.74) is 4.60. The van der Waals surface area contributed by atoms with Crippen molar-refractivity contribution in [2.45, 2.75) is 261 Å². The number of benzene rings is 4. The molecule has 14 atom stereocenters. The van der Waals surface area contributed by atoms with Gasteiger partial charge in [0.15, 0.2) is 0 Å². The van der Waals surface area contributed by atoms with Crippen LogP contribution in [0.1, 0.15) is 173 Å². The standard InChI is InChI=1S/C97H139N19O18/c1-50(2)37-71(106-84(121)58(17)104-79(120)48-102-94(131)80(54(9)10)103-49-118)87(124)105-59(18)85(122)114-81(55(11)12)95(132)112-74(40-53(7)8)90(127)109-75(41-60-31-33-64(119)34-32-60)91(128)107-73(39-52(5)6)89(126)111-78(44-63-47-101-70-30-24-21-27-67(63)70)93(130)115-83(57(15)16)97(134)116-82(56(13)14)96(133)113-77(43-62-46-100-69-29-23-20-26-66(62)69)92(129)108-72(38-51(3)4)88(125)110-76(86(123)98-35-36-117)42-61-45-99-68-28-22-19-25-65(61)68/h19-34,45-47,49-59,71-78,80-83,99-101,117,119H,35-44,48H2,1-18H3,(H,98,123)(H,102,131)(H,103,118)(H,104,120)(H,105,124)(H,106,121)(H,107,128)(H,108,129)(H,109,127)(H,110,125)(H,111,126)(H,112,132)(H,113,133)(H,114,122)(H,115,130)(H,116,134)/t58-,59-,71+,72+,73+,74+,75-,76-,77-,78-,80-,81+,82-,83+/m0/s1. The molecule has 3 heterocycles. The summed E-state index contributed by atoms with van der Waals surface area (Å²) >= 11 is 0. The van der Waals surface area contributed by atoms with Gasteiger partial charge in [0.25, 0.3) is 0 Å². The maximum Gasteiger partial charge on any atom is 0.243 e. The van der Waals surface area contributed by atoms with Gasteiger partial charge in [-0.3, -0.25) is 76.7 Å². The van der Waals surface area contributed by atoms with E-state index in [1.165, 1.54) is 38.1 Å². The molecule has 0 aliphatic carbocycles. The van der Waals surface area contributed by atoms with Gasteiger partial charge in [0.1, 0.15) is 90.3 Å². The van der Waals surface area contributed by atoms with E-state index in [-0.39, 0.29) is 99.9 Å². The minimum Gasteiger partial charge on any atom is -0.508 e. The monoisotopic (exact) mass is 1860 g/mol. The van der Waals surface area contributed by atoms with E-state index in [0.717, 1.165) is 27.4 Å². The number of aliphatic hydroxyl groups excluding tert-OH is 1. The van der Waals surface area contributed by atoms with Crippen molar-refractivity contribution in [2.75, 3.05) is 19.7 Å². The van der Waals surface area contributed by atoms with Gasteiger partial charge < -0.3 is 110 Å². The summed E-state index contributed by atoms with van der Waals surface area (Å²) in [4.78, 5) is 237. The Balaban J connectivity index is 1.09. The third-order valence-electron chi connectivity index (χ3n) is 22.9. The maximum absolute atomic E-state index is 15.4. The number of carbonyl (C=O) groups excluding carboxylic acids is 16. The highest BCUT2D eigenvalue weighted by molar-refractivity contribution is 6.02. The zero-order valence-electron chi connectivity index (χ0n) is 80.0. The van der Waals surface area contributed by atoms with E-state index in [1.54, 1.807) is 122 Å². The Morgan fingerprint density at radius 3 is 0.970 bits per heavy atom. The maximum atomic E-state index is 15.4. The number of aromatic amines is 3. The van der Waals surface area contributed by atoms with Gasteiger partial charge in [0, 0.05) is 83.5 Å². The topological polar surface area (TPSA) is 553 Å². The van der Waals surface area contributed by atoms with Gasteiger partial charge in [-0.25, -0.2) is 0 Å². The fourth-order valence-corrected chi connectivity index (χ4v) is 15.6. The lowest BCUT2D eigenvalue weighted by Crippen LogP contribution is -2.62. The van der Waals surface area contributed by atoms with Crippen molar-refractivity contribution in [1.29, 1.82) is 0 Å². The lowest BCUT2D eigenvalue weighted by molar-refractivity contribution is -0.137. The molecule has 0 aliphatic heterocycles. The zero-order chi connectivity index (χ0) is 99.1. The van der Waals surface area contributed by atoms with Crippen LogP contribution in [-0.2, 0) is 102 Å². The molecular weight excluding hydrogens is 1720 g/mol. The Morgan fingerprint density at radius 1 is 0.306 bits per heavy atom. The number of amides is 16. The molecule has 16 amide bonds. The minimum atomic E-state index is -1.51. The van der Waals surface area contributed by atoms with Crippen molar-refractivity contribution in [1.82, 2.24) is 100 Å². The number of aromatic hydroxyl groups is 1. The van der Waals surface area contributed by atoms with Crippen LogP contribution in [0.5, 0.6) is 5.75 Å². The smallest absolute Gasteiger partial charge is 0.243 e. The van der Waals surface area contributed by atoms with E-state index >= 15 is 28.8 Å². The molecule has 0 radical (unpaired) electrons. The molecule has 7 rings (SSSR count). The summed E-state index contributed by atoms with van der Waals surface area (Å²) in [6.45, 7) is 29.6.